The van der Waals surface area contributed by atoms with E-state index in [-0.39, 0.29) is 5.91 Å². The quantitative estimate of drug-likeness (QED) is 0.756. The molecular formula is C11H17N5O. The van der Waals surface area contributed by atoms with Gasteiger partial charge in [-0.2, -0.15) is 5.10 Å². The van der Waals surface area contributed by atoms with Gasteiger partial charge in [-0.1, -0.05) is 0 Å². The Hall–Kier alpha value is -1.69. The zero-order valence-electron chi connectivity index (χ0n) is 9.96. The number of anilines is 1. The lowest BCUT2D eigenvalue weighted by molar-refractivity contribution is -0.119. The molecule has 1 amide bonds. The van der Waals surface area contributed by atoms with Crippen molar-refractivity contribution in [2.45, 2.75) is 6.92 Å². The molecule has 1 fully saturated rings. The molecule has 0 aliphatic carbocycles. The second-order valence-electron chi connectivity index (χ2n) is 4.26. The summed E-state index contributed by atoms with van der Waals surface area (Å²) in [5.41, 5.74) is 6.09. The molecule has 0 spiro atoms. The predicted molar refractivity (Wildman–Crippen MR) is 64.6 cm³/mol. The van der Waals surface area contributed by atoms with Crippen LogP contribution in [0.1, 0.15) is 5.69 Å². The first-order valence-electron chi connectivity index (χ1n) is 5.71. The number of hydrogen-bond donors (Lipinski definition) is 1. The lowest BCUT2D eigenvalue weighted by Gasteiger charge is -2.34. The number of carbonyl (C=O) groups excluding carboxylic acids is 1. The van der Waals surface area contributed by atoms with E-state index in [0.717, 1.165) is 37.7 Å². The number of amides is 1. The molecule has 0 aromatic carbocycles. The molecular weight excluding hydrogens is 218 g/mol. The van der Waals surface area contributed by atoms with Gasteiger partial charge in [-0.05, 0) is 19.1 Å². The van der Waals surface area contributed by atoms with Crippen LogP contribution in [0.5, 0.6) is 0 Å². The third kappa shape index (κ3) is 3.13. The van der Waals surface area contributed by atoms with Gasteiger partial charge in [0, 0.05) is 26.2 Å². The molecule has 2 heterocycles. The second-order valence-corrected chi connectivity index (χ2v) is 4.26. The maximum absolute atomic E-state index is 10.8. The molecule has 0 bridgehead atoms. The zero-order valence-corrected chi connectivity index (χ0v) is 9.96. The summed E-state index contributed by atoms with van der Waals surface area (Å²) >= 11 is 0. The number of aryl methyl sites for hydroxylation is 1. The standard InChI is InChI=1S/C11H17N5O/c1-9-2-3-11(14-13-9)16-6-4-15(5-7-16)8-10(12)17/h2-3H,4-8H2,1H3,(H2,12,17). The van der Waals surface area contributed by atoms with Crippen LogP contribution in [0.2, 0.25) is 0 Å². The molecule has 6 nitrogen and oxygen atoms in total. The van der Waals surface area contributed by atoms with Gasteiger partial charge in [0.15, 0.2) is 5.82 Å². The molecule has 1 aromatic rings. The van der Waals surface area contributed by atoms with E-state index in [1.165, 1.54) is 0 Å². The predicted octanol–water partition coefficient (Wildman–Crippen LogP) is -0.608. The van der Waals surface area contributed by atoms with E-state index < -0.39 is 0 Å². The molecule has 6 heteroatoms. The second kappa shape index (κ2) is 5.09. The summed E-state index contributed by atoms with van der Waals surface area (Å²) < 4.78 is 0. The highest BCUT2D eigenvalue weighted by Crippen LogP contribution is 2.12. The van der Waals surface area contributed by atoms with Crippen molar-refractivity contribution in [3.05, 3.63) is 17.8 Å². The van der Waals surface area contributed by atoms with Gasteiger partial charge in [-0.3, -0.25) is 9.69 Å². The Kier molecular flexibility index (Phi) is 3.53. The first kappa shape index (κ1) is 11.8. The van der Waals surface area contributed by atoms with Crippen LogP contribution in [0.3, 0.4) is 0 Å². The fourth-order valence-electron chi connectivity index (χ4n) is 1.92. The molecule has 2 rings (SSSR count). The number of rotatable bonds is 3. The Labute approximate surface area is 100 Å². The van der Waals surface area contributed by atoms with Gasteiger partial charge >= 0.3 is 0 Å². The highest BCUT2D eigenvalue weighted by molar-refractivity contribution is 5.75. The fraction of sp³-hybridized carbons (Fsp3) is 0.545. The van der Waals surface area contributed by atoms with Gasteiger partial charge in [-0.25, -0.2) is 0 Å². The van der Waals surface area contributed by atoms with Crippen LogP contribution in [0, 0.1) is 6.92 Å². The maximum Gasteiger partial charge on any atom is 0.231 e. The third-order valence-corrected chi connectivity index (χ3v) is 2.86. The normalized spacial score (nSPS) is 17.1. The van der Waals surface area contributed by atoms with Crippen LogP contribution in [-0.2, 0) is 4.79 Å². The minimum absolute atomic E-state index is 0.270. The smallest absolute Gasteiger partial charge is 0.231 e. The number of nitrogens with zero attached hydrogens (tertiary/aromatic N) is 4. The van der Waals surface area contributed by atoms with Crippen molar-refractivity contribution in [2.75, 3.05) is 37.6 Å². The van der Waals surface area contributed by atoms with Crippen LogP contribution in [0.15, 0.2) is 12.1 Å². The van der Waals surface area contributed by atoms with E-state index in [1.54, 1.807) is 0 Å². The first-order chi connectivity index (χ1) is 8.15. The summed E-state index contributed by atoms with van der Waals surface area (Å²) in [6.07, 6.45) is 0. The number of hydrogen-bond acceptors (Lipinski definition) is 5. The van der Waals surface area contributed by atoms with E-state index >= 15 is 0 Å². The number of primary amides is 1. The molecule has 1 aliphatic heterocycles. The monoisotopic (exact) mass is 235 g/mol. The van der Waals surface area contributed by atoms with Gasteiger partial charge in [-0.15, -0.1) is 5.10 Å². The van der Waals surface area contributed by atoms with Gasteiger partial charge in [0.25, 0.3) is 0 Å². The Morgan fingerprint density at radius 2 is 2.00 bits per heavy atom. The summed E-state index contributed by atoms with van der Waals surface area (Å²) in [6.45, 7) is 5.63. The summed E-state index contributed by atoms with van der Waals surface area (Å²) in [4.78, 5) is 15.0. The van der Waals surface area contributed by atoms with Crippen LogP contribution in [0.25, 0.3) is 0 Å². The molecule has 2 N–H and O–H groups in total. The number of carbonyl (C=O) groups is 1. The minimum atomic E-state index is -0.270. The molecule has 0 saturated carbocycles. The highest BCUT2D eigenvalue weighted by Gasteiger charge is 2.18. The van der Waals surface area contributed by atoms with E-state index in [4.69, 9.17) is 5.73 Å². The Morgan fingerprint density at radius 3 is 2.53 bits per heavy atom. The van der Waals surface area contributed by atoms with Crippen molar-refractivity contribution in [1.82, 2.24) is 15.1 Å². The van der Waals surface area contributed by atoms with E-state index in [2.05, 4.69) is 20.0 Å². The highest BCUT2D eigenvalue weighted by atomic mass is 16.1. The largest absolute Gasteiger partial charge is 0.369 e. The van der Waals surface area contributed by atoms with Crippen LogP contribution >= 0.6 is 0 Å². The van der Waals surface area contributed by atoms with Crippen molar-refractivity contribution >= 4 is 11.7 Å². The number of nitrogens with two attached hydrogens (primary N) is 1. The summed E-state index contributed by atoms with van der Waals surface area (Å²) in [6, 6.07) is 3.93. The lowest BCUT2D eigenvalue weighted by atomic mass is 10.3. The Morgan fingerprint density at radius 1 is 1.29 bits per heavy atom. The van der Waals surface area contributed by atoms with Crippen molar-refractivity contribution in [2.24, 2.45) is 5.73 Å². The van der Waals surface area contributed by atoms with Gasteiger partial charge in [0.05, 0.1) is 12.2 Å². The number of aromatic nitrogens is 2. The average molecular weight is 235 g/mol. The van der Waals surface area contributed by atoms with Gasteiger partial charge < -0.3 is 10.6 Å². The van der Waals surface area contributed by atoms with E-state index in [0.29, 0.717) is 6.54 Å². The van der Waals surface area contributed by atoms with Gasteiger partial charge in [0.2, 0.25) is 5.91 Å². The summed E-state index contributed by atoms with van der Waals surface area (Å²) in [5, 5.41) is 8.20. The van der Waals surface area contributed by atoms with Crippen LogP contribution in [0.4, 0.5) is 5.82 Å². The summed E-state index contributed by atoms with van der Waals surface area (Å²) in [7, 11) is 0. The van der Waals surface area contributed by atoms with Crippen molar-refractivity contribution in [3.8, 4) is 0 Å². The molecule has 1 aromatic heterocycles. The molecule has 17 heavy (non-hydrogen) atoms. The zero-order chi connectivity index (χ0) is 12.3. The third-order valence-electron chi connectivity index (χ3n) is 2.86. The summed E-state index contributed by atoms with van der Waals surface area (Å²) in [5.74, 6) is 0.628. The SMILES string of the molecule is Cc1ccc(N2CCN(CC(N)=O)CC2)nn1. The molecule has 0 unspecified atom stereocenters. The fourth-order valence-corrected chi connectivity index (χ4v) is 1.92. The van der Waals surface area contributed by atoms with Crippen LogP contribution < -0.4 is 10.6 Å². The molecule has 1 aliphatic rings. The molecule has 0 radical (unpaired) electrons. The van der Waals surface area contributed by atoms with Gasteiger partial charge in [0.1, 0.15) is 0 Å². The Balaban J connectivity index is 1.90. The maximum atomic E-state index is 10.8. The molecule has 0 atom stereocenters. The lowest BCUT2D eigenvalue weighted by Crippen LogP contribution is -2.49. The average Bonchev–Trinajstić information content (AvgIpc) is 2.30. The van der Waals surface area contributed by atoms with E-state index in [1.807, 2.05) is 19.1 Å². The topological polar surface area (TPSA) is 75.3 Å². The molecule has 1 saturated heterocycles. The Bertz CT molecular complexity index is 383. The van der Waals surface area contributed by atoms with E-state index in [9.17, 15) is 4.79 Å². The van der Waals surface area contributed by atoms with Crippen molar-refractivity contribution < 1.29 is 4.79 Å². The number of piperazine rings is 1. The van der Waals surface area contributed by atoms with Crippen LogP contribution in [-0.4, -0.2) is 53.7 Å². The first-order valence-corrected chi connectivity index (χ1v) is 5.71. The van der Waals surface area contributed by atoms with Crippen molar-refractivity contribution in [3.63, 3.8) is 0 Å². The van der Waals surface area contributed by atoms with Crippen molar-refractivity contribution in [1.29, 1.82) is 0 Å². The molecule has 92 valence electrons. The minimum Gasteiger partial charge on any atom is -0.369 e.